The summed E-state index contributed by atoms with van der Waals surface area (Å²) in [6, 6.07) is -4.64. The number of carbonyl (C=O) groups is 1. The molecule has 1 amide bonds. The molecule has 0 saturated heterocycles. The number of hydrogen-bond acceptors (Lipinski definition) is 2. The highest BCUT2D eigenvalue weighted by molar-refractivity contribution is 5.81. The minimum atomic E-state index is -3.43. The SMILES string of the molecule is [2H]c1c([2H])c(C([2H])([2H])[2H])c([2H])c([2H])c1-c1nc2c([2H])c([2H])c(C)c([2H])n2c1CC(=O)N(C([2H])([2H])[2H])C([2H])([2H])[2H]. The maximum atomic E-state index is 13.1. The van der Waals surface area contributed by atoms with Crippen LogP contribution < -0.4 is 0 Å². The molecule has 0 fully saturated rings. The van der Waals surface area contributed by atoms with E-state index in [0.29, 0.717) is 0 Å². The molecule has 3 aromatic rings. The molecule has 0 bridgehead atoms. The van der Waals surface area contributed by atoms with Gasteiger partial charge in [-0.2, -0.15) is 0 Å². The van der Waals surface area contributed by atoms with Crippen LogP contribution in [0.4, 0.5) is 0 Å². The Labute approximate surface area is 158 Å². The Morgan fingerprint density at radius 3 is 2.65 bits per heavy atom. The molecule has 0 aliphatic heterocycles. The first-order valence-corrected chi connectivity index (χ1v) is 6.45. The second-order valence-corrected chi connectivity index (χ2v) is 4.71. The molecule has 118 valence electrons. The van der Waals surface area contributed by atoms with Gasteiger partial charge in [0, 0.05) is 38.0 Å². The van der Waals surface area contributed by atoms with E-state index in [0.717, 1.165) is 4.40 Å². The lowest BCUT2D eigenvalue weighted by Gasteiger charge is -2.11. The van der Waals surface area contributed by atoms with E-state index in [9.17, 15) is 4.79 Å². The number of hydrogen-bond donors (Lipinski definition) is 0. The number of amides is 1. The molecule has 0 aliphatic rings. The normalized spacial score (nSPS) is 22.7. The summed E-state index contributed by atoms with van der Waals surface area (Å²) in [4.78, 5) is 16.9. The molecule has 0 spiro atoms. The maximum absolute atomic E-state index is 13.1. The summed E-state index contributed by atoms with van der Waals surface area (Å²) in [6.45, 7) is -8.58. The number of rotatable bonds is 3. The zero-order chi connectivity index (χ0) is 30.2. The largest absolute Gasteiger partial charge is 0.348 e. The molecule has 0 N–H and O–H groups in total. The van der Waals surface area contributed by atoms with Gasteiger partial charge in [-0.1, -0.05) is 35.8 Å². The highest BCUT2D eigenvalue weighted by Crippen LogP contribution is 2.26. The minimum Gasteiger partial charge on any atom is -0.348 e. The monoisotopic (exact) mass is 323 g/mol. The van der Waals surface area contributed by atoms with Gasteiger partial charge in [-0.3, -0.25) is 4.79 Å². The van der Waals surface area contributed by atoms with Gasteiger partial charge >= 0.3 is 0 Å². The molecule has 0 saturated carbocycles. The maximum Gasteiger partial charge on any atom is 0.228 e. The van der Waals surface area contributed by atoms with E-state index in [1.54, 1.807) is 0 Å². The fraction of sp³-hybridized carbons (Fsp3) is 0.263. The molecule has 0 unspecified atom stereocenters. The summed E-state index contributed by atoms with van der Waals surface area (Å²) in [5, 5.41) is 0. The quantitative estimate of drug-likeness (QED) is 0.742. The van der Waals surface area contributed by atoms with E-state index in [1.807, 2.05) is 0 Å². The van der Waals surface area contributed by atoms with Crippen molar-refractivity contribution in [3.63, 3.8) is 0 Å². The van der Waals surface area contributed by atoms with Gasteiger partial charge in [-0.05, 0) is 25.4 Å². The standard InChI is InChI=1S/C19H21N3O/c1-13-5-8-15(9-6-13)19-16(11-18(23)21(3)4)22-12-14(2)7-10-17(22)20-19/h5-10,12H,11H2,1-4H3/i1D3,3D3,4D3,5D,6D,7D,8D,9D,10D,12D. The molecular formula is C19H21N3O. The van der Waals surface area contributed by atoms with Crippen LogP contribution in [0, 0.1) is 13.8 Å². The first kappa shape index (κ1) is 5.20. The van der Waals surface area contributed by atoms with E-state index in [-0.39, 0.29) is 10.5 Å². The molecule has 4 nitrogen and oxygen atoms in total. The average molecular weight is 323 g/mol. The summed E-state index contributed by atoms with van der Waals surface area (Å²) in [5.41, 5.74) is -2.99. The molecular weight excluding hydrogens is 286 g/mol. The van der Waals surface area contributed by atoms with Crippen molar-refractivity contribution < 1.29 is 26.7 Å². The fourth-order valence-electron chi connectivity index (χ4n) is 2.02. The van der Waals surface area contributed by atoms with Crippen molar-refractivity contribution in [2.75, 3.05) is 14.0 Å². The molecule has 3 rings (SSSR count). The second kappa shape index (κ2) is 5.88. The third kappa shape index (κ3) is 2.97. The topological polar surface area (TPSA) is 37.6 Å². The Hall–Kier alpha value is -2.62. The minimum absolute atomic E-state index is 0.0639. The Morgan fingerprint density at radius 2 is 1.96 bits per heavy atom. The van der Waals surface area contributed by atoms with Crippen molar-refractivity contribution in [3.8, 4) is 11.3 Å². The van der Waals surface area contributed by atoms with Crippen LogP contribution in [0.3, 0.4) is 0 Å². The van der Waals surface area contributed by atoms with Crippen LogP contribution in [0.15, 0.2) is 42.4 Å². The van der Waals surface area contributed by atoms with Crippen molar-refractivity contribution in [2.24, 2.45) is 0 Å². The molecule has 1 aromatic carbocycles. The van der Waals surface area contributed by atoms with E-state index < -0.39 is 104 Å². The predicted molar refractivity (Wildman–Crippen MR) is 92.5 cm³/mol. The molecule has 0 atom stereocenters. The van der Waals surface area contributed by atoms with E-state index in [2.05, 4.69) is 4.98 Å². The number of aromatic nitrogens is 2. The number of carbonyl (C=O) groups excluding carboxylic acids is 1. The molecule has 0 aliphatic carbocycles. The van der Waals surface area contributed by atoms with Crippen molar-refractivity contribution in [1.29, 1.82) is 0 Å². The molecule has 4 heteroatoms. The molecule has 0 radical (unpaired) electrons. The second-order valence-electron chi connectivity index (χ2n) is 4.71. The van der Waals surface area contributed by atoms with Gasteiger partial charge in [0.15, 0.2) is 0 Å². The van der Waals surface area contributed by atoms with Crippen molar-refractivity contribution in [3.05, 3.63) is 59.2 Å². The Kier molecular flexibility index (Phi) is 1.33. The van der Waals surface area contributed by atoms with Crippen molar-refractivity contribution in [1.82, 2.24) is 14.3 Å². The number of nitrogens with zero attached hydrogens (tertiary/aromatic N) is 3. The number of benzene rings is 1. The number of imidazole rings is 1. The van der Waals surface area contributed by atoms with Crippen LogP contribution in [0.2, 0.25) is 0 Å². The number of pyridine rings is 1. The van der Waals surface area contributed by atoms with E-state index in [1.165, 1.54) is 6.92 Å². The van der Waals surface area contributed by atoms with Gasteiger partial charge in [0.1, 0.15) is 5.65 Å². The van der Waals surface area contributed by atoms with Crippen LogP contribution in [-0.2, 0) is 11.2 Å². The molecule has 23 heavy (non-hydrogen) atoms. The Morgan fingerprint density at radius 1 is 1.22 bits per heavy atom. The van der Waals surface area contributed by atoms with Crippen molar-refractivity contribution in [2.45, 2.75) is 20.2 Å². The number of likely N-dealkylation sites (N-methyl/N-ethyl adjacent to an activating group) is 1. The van der Waals surface area contributed by atoms with Crippen LogP contribution >= 0.6 is 0 Å². The van der Waals surface area contributed by atoms with Crippen LogP contribution in [-0.4, -0.2) is 34.1 Å². The van der Waals surface area contributed by atoms with Gasteiger partial charge in [-0.15, -0.1) is 0 Å². The summed E-state index contributed by atoms with van der Waals surface area (Å²) >= 11 is 0. The summed E-state index contributed by atoms with van der Waals surface area (Å²) in [6.07, 6.45) is -1.58. The lowest BCUT2D eigenvalue weighted by atomic mass is 10.1. The van der Waals surface area contributed by atoms with Crippen LogP contribution in [0.1, 0.15) is 38.8 Å². The third-order valence-electron chi connectivity index (χ3n) is 3.04. The summed E-state index contributed by atoms with van der Waals surface area (Å²) < 4.78 is 127. The Balaban J connectivity index is 2.49. The van der Waals surface area contributed by atoms with E-state index >= 15 is 0 Å². The fourth-order valence-corrected chi connectivity index (χ4v) is 2.02. The first-order valence-electron chi connectivity index (χ1n) is 14.5. The third-order valence-corrected chi connectivity index (χ3v) is 3.04. The van der Waals surface area contributed by atoms with Gasteiger partial charge < -0.3 is 9.30 Å². The molecule has 2 heterocycles. The highest BCUT2D eigenvalue weighted by atomic mass is 16.2. The van der Waals surface area contributed by atoms with Gasteiger partial charge in [-0.25, -0.2) is 4.98 Å². The number of fused-ring (bicyclic) bond motifs is 1. The zero-order valence-corrected chi connectivity index (χ0v) is 12.0. The highest BCUT2D eigenvalue weighted by Gasteiger charge is 2.18. The first-order chi connectivity index (χ1) is 17.5. The smallest absolute Gasteiger partial charge is 0.228 e. The lowest BCUT2D eigenvalue weighted by molar-refractivity contribution is -0.128. The zero-order valence-electron chi connectivity index (χ0n) is 28.0. The summed E-state index contributed by atoms with van der Waals surface area (Å²) in [7, 11) is 0. The lowest BCUT2D eigenvalue weighted by Crippen LogP contribution is -2.24. The molecule has 2 aromatic heterocycles. The summed E-state index contributed by atoms with van der Waals surface area (Å²) in [5.74, 6) is -1.49. The van der Waals surface area contributed by atoms with Crippen molar-refractivity contribution >= 4 is 11.6 Å². The van der Waals surface area contributed by atoms with Gasteiger partial charge in [0.2, 0.25) is 5.91 Å². The van der Waals surface area contributed by atoms with Gasteiger partial charge in [0.05, 0.1) is 27.4 Å². The predicted octanol–water partition coefficient (Wildman–Crippen LogP) is 3.25. The van der Waals surface area contributed by atoms with E-state index in [4.69, 9.17) is 21.9 Å². The average Bonchev–Trinajstić information content (AvgIpc) is 3.11. The van der Waals surface area contributed by atoms with Gasteiger partial charge in [0.25, 0.3) is 0 Å². The van der Waals surface area contributed by atoms with Crippen LogP contribution in [0.5, 0.6) is 0 Å². The van der Waals surface area contributed by atoms with Crippen LogP contribution in [0.25, 0.3) is 16.9 Å². The Bertz CT molecular complexity index is 1460.